The highest BCUT2D eigenvalue weighted by Gasteiger charge is 2.18. The number of rotatable bonds is 6. The SMILES string of the molecule is CC1Cc2cc(CNC(=O)CCNC(=O)c3ccc(F)cc3)ccc2O1. The zero-order chi connectivity index (χ0) is 18.5. The minimum Gasteiger partial charge on any atom is -0.490 e. The summed E-state index contributed by atoms with van der Waals surface area (Å²) in [6, 6.07) is 11.2. The molecule has 0 aromatic heterocycles. The van der Waals surface area contributed by atoms with Crippen LogP contribution in [0.2, 0.25) is 0 Å². The van der Waals surface area contributed by atoms with Crippen LogP contribution in [-0.2, 0) is 17.8 Å². The van der Waals surface area contributed by atoms with Crippen molar-refractivity contribution < 1.29 is 18.7 Å². The van der Waals surface area contributed by atoms with E-state index in [9.17, 15) is 14.0 Å². The fraction of sp³-hybridized carbons (Fsp3) is 0.300. The van der Waals surface area contributed by atoms with Crippen molar-refractivity contribution in [1.82, 2.24) is 10.6 Å². The van der Waals surface area contributed by atoms with Gasteiger partial charge in [-0.05, 0) is 48.4 Å². The lowest BCUT2D eigenvalue weighted by molar-refractivity contribution is -0.121. The normalized spacial score (nSPS) is 15.1. The van der Waals surface area contributed by atoms with Crippen LogP contribution in [0, 0.1) is 5.82 Å². The molecule has 0 spiro atoms. The fourth-order valence-electron chi connectivity index (χ4n) is 2.87. The van der Waals surface area contributed by atoms with Gasteiger partial charge in [0.15, 0.2) is 0 Å². The Bertz CT molecular complexity index is 805. The summed E-state index contributed by atoms with van der Waals surface area (Å²) in [4.78, 5) is 23.8. The minimum atomic E-state index is -0.395. The molecule has 0 saturated heterocycles. The number of nitrogens with one attached hydrogen (secondary N) is 2. The van der Waals surface area contributed by atoms with E-state index in [1.165, 1.54) is 24.3 Å². The number of amides is 2. The summed E-state index contributed by atoms with van der Waals surface area (Å²) >= 11 is 0. The van der Waals surface area contributed by atoms with Gasteiger partial charge in [-0.3, -0.25) is 9.59 Å². The van der Waals surface area contributed by atoms with E-state index < -0.39 is 5.82 Å². The van der Waals surface area contributed by atoms with Crippen molar-refractivity contribution >= 4 is 11.8 Å². The third-order valence-corrected chi connectivity index (χ3v) is 4.19. The summed E-state index contributed by atoms with van der Waals surface area (Å²) in [5.41, 5.74) is 2.54. The molecule has 1 aliphatic heterocycles. The molecule has 1 heterocycles. The summed E-state index contributed by atoms with van der Waals surface area (Å²) in [7, 11) is 0. The molecule has 0 saturated carbocycles. The average Bonchev–Trinajstić information content (AvgIpc) is 2.99. The Morgan fingerprint density at radius 3 is 2.69 bits per heavy atom. The predicted molar refractivity (Wildman–Crippen MR) is 95.4 cm³/mol. The van der Waals surface area contributed by atoms with Crippen molar-refractivity contribution in [2.75, 3.05) is 6.54 Å². The third-order valence-electron chi connectivity index (χ3n) is 4.19. The van der Waals surface area contributed by atoms with Crippen molar-refractivity contribution in [3.05, 3.63) is 65.0 Å². The second kappa shape index (κ2) is 7.99. The Hall–Kier alpha value is -2.89. The van der Waals surface area contributed by atoms with Crippen LogP contribution in [0.1, 0.15) is 34.8 Å². The smallest absolute Gasteiger partial charge is 0.251 e. The Balaban J connectivity index is 1.40. The number of benzene rings is 2. The maximum absolute atomic E-state index is 12.8. The van der Waals surface area contributed by atoms with Crippen molar-refractivity contribution in [1.29, 1.82) is 0 Å². The molecule has 2 aromatic rings. The number of carbonyl (C=O) groups is 2. The molecule has 5 nitrogen and oxygen atoms in total. The van der Waals surface area contributed by atoms with Crippen LogP contribution in [0.4, 0.5) is 4.39 Å². The molecule has 1 aliphatic rings. The van der Waals surface area contributed by atoms with Gasteiger partial charge in [-0.15, -0.1) is 0 Å². The number of carbonyl (C=O) groups excluding carboxylic acids is 2. The van der Waals surface area contributed by atoms with Crippen molar-refractivity contribution in [3.8, 4) is 5.75 Å². The summed E-state index contributed by atoms with van der Waals surface area (Å²) in [6.07, 6.45) is 1.25. The monoisotopic (exact) mass is 356 g/mol. The quantitative estimate of drug-likeness (QED) is 0.836. The lowest BCUT2D eigenvalue weighted by Gasteiger charge is -2.08. The van der Waals surface area contributed by atoms with Gasteiger partial charge in [0.1, 0.15) is 17.7 Å². The fourth-order valence-corrected chi connectivity index (χ4v) is 2.87. The first-order valence-corrected chi connectivity index (χ1v) is 8.60. The van der Waals surface area contributed by atoms with Gasteiger partial charge in [-0.25, -0.2) is 4.39 Å². The van der Waals surface area contributed by atoms with E-state index in [1.807, 2.05) is 19.1 Å². The van der Waals surface area contributed by atoms with Gasteiger partial charge in [0.05, 0.1) is 0 Å². The molecule has 1 unspecified atom stereocenters. The molecule has 0 radical (unpaired) electrons. The largest absolute Gasteiger partial charge is 0.490 e. The van der Waals surface area contributed by atoms with Gasteiger partial charge >= 0.3 is 0 Å². The number of halogens is 1. The summed E-state index contributed by atoms with van der Waals surface area (Å²) in [6.45, 7) is 2.69. The Morgan fingerprint density at radius 1 is 1.15 bits per heavy atom. The minimum absolute atomic E-state index is 0.144. The molecular weight excluding hydrogens is 335 g/mol. The Morgan fingerprint density at radius 2 is 1.92 bits per heavy atom. The molecule has 2 aromatic carbocycles. The average molecular weight is 356 g/mol. The second-order valence-electron chi connectivity index (χ2n) is 6.36. The highest BCUT2D eigenvalue weighted by Crippen LogP contribution is 2.29. The van der Waals surface area contributed by atoms with E-state index in [-0.39, 0.29) is 30.9 Å². The van der Waals surface area contributed by atoms with Crippen LogP contribution in [-0.4, -0.2) is 24.5 Å². The van der Waals surface area contributed by atoms with E-state index in [4.69, 9.17) is 4.74 Å². The highest BCUT2D eigenvalue weighted by atomic mass is 19.1. The lowest BCUT2D eigenvalue weighted by atomic mass is 10.1. The van der Waals surface area contributed by atoms with Gasteiger partial charge in [0.25, 0.3) is 5.91 Å². The van der Waals surface area contributed by atoms with Gasteiger partial charge in [0.2, 0.25) is 5.91 Å². The van der Waals surface area contributed by atoms with E-state index >= 15 is 0 Å². The first kappa shape index (κ1) is 17.9. The van der Waals surface area contributed by atoms with E-state index in [0.717, 1.165) is 23.3 Å². The van der Waals surface area contributed by atoms with Gasteiger partial charge in [0, 0.05) is 31.5 Å². The first-order chi connectivity index (χ1) is 12.5. The van der Waals surface area contributed by atoms with Crippen LogP contribution in [0.3, 0.4) is 0 Å². The van der Waals surface area contributed by atoms with Crippen LogP contribution in [0.15, 0.2) is 42.5 Å². The highest BCUT2D eigenvalue weighted by molar-refractivity contribution is 5.94. The van der Waals surface area contributed by atoms with Crippen LogP contribution in [0.5, 0.6) is 5.75 Å². The molecule has 2 N–H and O–H groups in total. The van der Waals surface area contributed by atoms with Crippen molar-refractivity contribution in [3.63, 3.8) is 0 Å². The maximum atomic E-state index is 12.8. The van der Waals surface area contributed by atoms with Crippen LogP contribution >= 0.6 is 0 Å². The van der Waals surface area contributed by atoms with Crippen LogP contribution in [0.25, 0.3) is 0 Å². The van der Waals surface area contributed by atoms with E-state index in [1.54, 1.807) is 0 Å². The summed E-state index contributed by atoms with van der Waals surface area (Å²) < 4.78 is 18.5. The molecule has 26 heavy (non-hydrogen) atoms. The molecule has 0 aliphatic carbocycles. The number of fused-ring (bicyclic) bond motifs is 1. The van der Waals surface area contributed by atoms with E-state index in [2.05, 4.69) is 16.7 Å². The van der Waals surface area contributed by atoms with Crippen molar-refractivity contribution in [2.45, 2.75) is 32.4 Å². The maximum Gasteiger partial charge on any atom is 0.251 e. The lowest BCUT2D eigenvalue weighted by Crippen LogP contribution is -2.30. The second-order valence-corrected chi connectivity index (χ2v) is 6.36. The summed E-state index contributed by atoms with van der Waals surface area (Å²) in [5, 5.41) is 5.49. The Labute approximate surface area is 151 Å². The summed E-state index contributed by atoms with van der Waals surface area (Å²) in [5.74, 6) is 0.0460. The zero-order valence-corrected chi connectivity index (χ0v) is 14.5. The molecule has 1 atom stereocenters. The first-order valence-electron chi connectivity index (χ1n) is 8.60. The molecule has 6 heteroatoms. The van der Waals surface area contributed by atoms with Crippen molar-refractivity contribution in [2.24, 2.45) is 0 Å². The van der Waals surface area contributed by atoms with Crippen LogP contribution < -0.4 is 15.4 Å². The van der Waals surface area contributed by atoms with Gasteiger partial charge in [-0.2, -0.15) is 0 Å². The number of hydrogen-bond donors (Lipinski definition) is 2. The number of ether oxygens (including phenoxy) is 1. The Kier molecular flexibility index (Phi) is 5.51. The molecule has 0 fully saturated rings. The van der Waals surface area contributed by atoms with E-state index in [0.29, 0.717) is 12.1 Å². The molecular formula is C20H21FN2O3. The third kappa shape index (κ3) is 4.59. The zero-order valence-electron chi connectivity index (χ0n) is 14.5. The molecule has 0 bridgehead atoms. The number of hydrogen-bond acceptors (Lipinski definition) is 3. The predicted octanol–water partition coefficient (Wildman–Crippen LogP) is 2.59. The van der Waals surface area contributed by atoms with Gasteiger partial charge in [-0.1, -0.05) is 12.1 Å². The van der Waals surface area contributed by atoms with Gasteiger partial charge < -0.3 is 15.4 Å². The standard InChI is InChI=1S/C20H21FN2O3/c1-13-10-16-11-14(2-7-18(16)26-13)12-23-19(24)8-9-22-20(25)15-3-5-17(21)6-4-15/h2-7,11,13H,8-10,12H2,1H3,(H,22,25)(H,23,24). The molecule has 136 valence electrons. The molecule has 2 amide bonds. The topological polar surface area (TPSA) is 67.4 Å². The molecule has 3 rings (SSSR count).